The highest BCUT2D eigenvalue weighted by Crippen LogP contribution is 2.02. The van der Waals surface area contributed by atoms with Crippen molar-refractivity contribution < 1.29 is 14.3 Å². The van der Waals surface area contributed by atoms with E-state index in [9.17, 15) is 5.11 Å². The summed E-state index contributed by atoms with van der Waals surface area (Å²) in [6.45, 7) is 1.62. The van der Waals surface area contributed by atoms with Gasteiger partial charge in [0, 0.05) is 13.6 Å². The molecule has 0 aromatic carbocycles. The second-order valence-corrected chi connectivity index (χ2v) is 4.24. The molecule has 0 bridgehead atoms. The second kappa shape index (κ2) is 7.03. The normalized spacial score (nSPS) is 12.7. The zero-order valence-corrected chi connectivity index (χ0v) is 10.8. The van der Waals surface area contributed by atoms with Crippen LogP contribution in [0, 0.1) is 0 Å². The van der Waals surface area contributed by atoms with Crippen LogP contribution in [0.15, 0.2) is 29.1 Å². The topological polar surface area (TPSA) is 85.3 Å². The molecule has 2 rings (SSSR count). The zero-order chi connectivity index (χ0) is 13.5. The molecule has 0 saturated heterocycles. The average Bonchev–Trinajstić information content (AvgIpc) is 3.02. The number of aromatic nitrogens is 3. The van der Waals surface area contributed by atoms with Crippen molar-refractivity contribution in [3.63, 3.8) is 0 Å². The van der Waals surface area contributed by atoms with E-state index in [1.54, 1.807) is 18.7 Å². The van der Waals surface area contributed by atoms with Crippen LogP contribution in [0.5, 0.6) is 0 Å². The standard InChI is InChI=1S/C12H18N4O3/c1-16-9-14-15-12(16)6-13-5-10(17)7-18-8-11-3-2-4-19-11/h2-4,9-10,13,17H,5-8H2,1H3. The SMILES string of the molecule is Cn1cnnc1CNCC(O)COCc1ccco1. The van der Waals surface area contributed by atoms with E-state index in [0.29, 0.717) is 19.7 Å². The van der Waals surface area contributed by atoms with Gasteiger partial charge in [0.15, 0.2) is 0 Å². The van der Waals surface area contributed by atoms with E-state index < -0.39 is 6.10 Å². The van der Waals surface area contributed by atoms with Crippen molar-refractivity contribution in [2.75, 3.05) is 13.2 Å². The van der Waals surface area contributed by atoms with Gasteiger partial charge in [-0.2, -0.15) is 0 Å². The smallest absolute Gasteiger partial charge is 0.146 e. The average molecular weight is 266 g/mol. The lowest BCUT2D eigenvalue weighted by molar-refractivity contribution is 0.0225. The van der Waals surface area contributed by atoms with Crippen molar-refractivity contribution >= 4 is 0 Å². The maximum Gasteiger partial charge on any atom is 0.146 e. The van der Waals surface area contributed by atoms with Crippen LogP contribution in [-0.4, -0.2) is 39.1 Å². The summed E-state index contributed by atoms with van der Waals surface area (Å²) < 4.78 is 12.3. The summed E-state index contributed by atoms with van der Waals surface area (Å²) in [6.07, 6.45) is 2.67. The summed E-state index contributed by atoms with van der Waals surface area (Å²) in [5.41, 5.74) is 0. The molecule has 0 aliphatic carbocycles. The molecule has 7 heteroatoms. The maximum absolute atomic E-state index is 9.71. The van der Waals surface area contributed by atoms with E-state index in [-0.39, 0.29) is 6.61 Å². The van der Waals surface area contributed by atoms with Crippen molar-refractivity contribution in [2.24, 2.45) is 7.05 Å². The van der Waals surface area contributed by atoms with Crippen LogP contribution in [0.2, 0.25) is 0 Å². The highest BCUT2D eigenvalue weighted by molar-refractivity contribution is 4.96. The van der Waals surface area contributed by atoms with Crippen LogP contribution in [0.3, 0.4) is 0 Å². The lowest BCUT2D eigenvalue weighted by Crippen LogP contribution is -2.30. The minimum Gasteiger partial charge on any atom is -0.467 e. The third-order valence-electron chi connectivity index (χ3n) is 2.60. The molecule has 2 N–H and O–H groups in total. The Morgan fingerprint density at radius 3 is 3.16 bits per heavy atom. The third-order valence-corrected chi connectivity index (χ3v) is 2.60. The Balaban J connectivity index is 1.57. The number of aliphatic hydroxyl groups is 1. The molecule has 0 saturated carbocycles. The van der Waals surface area contributed by atoms with Gasteiger partial charge in [0.25, 0.3) is 0 Å². The van der Waals surface area contributed by atoms with Crippen LogP contribution in [0.1, 0.15) is 11.6 Å². The number of nitrogens with one attached hydrogen (secondary N) is 1. The molecule has 0 fully saturated rings. The highest BCUT2D eigenvalue weighted by atomic mass is 16.5. The summed E-state index contributed by atoms with van der Waals surface area (Å²) in [6, 6.07) is 3.64. The van der Waals surface area contributed by atoms with Gasteiger partial charge in [-0.3, -0.25) is 0 Å². The number of aryl methyl sites for hydroxylation is 1. The summed E-state index contributed by atoms with van der Waals surface area (Å²) in [7, 11) is 1.87. The van der Waals surface area contributed by atoms with Gasteiger partial charge in [-0.1, -0.05) is 0 Å². The minimum absolute atomic E-state index is 0.256. The first-order valence-corrected chi connectivity index (χ1v) is 6.07. The first-order valence-electron chi connectivity index (χ1n) is 6.07. The predicted molar refractivity (Wildman–Crippen MR) is 67.1 cm³/mol. The van der Waals surface area contributed by atoms with E-state index in [2.05, 4.69) is 15.5 Å². The van der Waals surface area contributed by atoms with Crippen molar-refractivity contribution in [1.82, 2.24) is 20.1 Å². The molecule has 0 aliphatic heterocycles. The van der Waals surface area contributed by atoms with Gasteiger partial charge in [0.2, 0.25) is 0 Å². The Labute approximate surface area is 111 Å². The number of hydrogen-bond acceptors (Lipinski definition) is 6. The fourth-order valence-electron chi connectivity index (χ4n) is 1.57. The zero-order valence-electron chi connectivity index (χ0n) is 10.8. The van der Waals surface area contributed by atoms with Gasteiger partial charge < -0.3 is 24.1 Å². The lowest BCUT2D eigenvalue weighted by atomic mass is 10.3. The summed E-state index contributed by atoms with van der Waals surface area (Å²) >= 11 is 0. The van der Waals surface area contributed by atoms with Crippen LogP contribution in [0.4, 0.5) is 0 Å². The minimum atomic E-state index is -0.566. The first kappa shape index (κ1) is 13.7. The first-order chi connectivity index (χ1) is 9.25. The second-order valence-electron chi connectivity index (χ2n) is 4.24. The van der Waals surface area contributed by atoms with Gasteiger partial charge in [0.1, 0.15) is 24.5 Å². The van der Waals surface area contributed by atoms with Gasteiger partial charge in [-0.25, -0.2) is 0 Å². The van der Waals surface area contributed by atoms with E-state index in [1.165, 1.54) is 0 Å². The molecule has 19 heavy (non-hydrogen) atoms. The van der Waals surface area contributed by atoms with Gasteiger partial charge >= 0.3 is 0 Å². The molecular formula is C12H18N4O3. The summed E-state index contributed by atoms with van der Waals surface area (Å²) in [5, 5.41) is 20.5. The number of furan rings is 1. The predicted octanol–water partition coefficient (Wildman–Crippen LogP) is 0.0754. The molecule has 1 atom stereocenters. The number of rotatable bonds is 8. The summed E-state index contributed by atoms with van der Waals surface area (Å²) in [4.78, 5) is 0. The number of aliphatic hydroxyl groups excluding tert-OH is 1. The largest absolute Gasteiger partial charge is 0.467 e. The molecule has 7 nitrogen and oxygen atoms in total. The Morgan fingerprint density at radius 1 is 1.58 bits per heavy atom. The Morgan fingerprint density at radius 2 is 2.47 bits per heavy atom. The van der Waals surface area contributed by atoms with Crippen molar-refractivity contribution in [2.45, 2.75) is 19.3 Å². The summed E-state index contributed by atoms with van der Waals surface area (Å²) in [5.74, 6) is 1.57. The molecule has 104 valence electrons. The molecule has 1 unspecified atom stereocenters. The molecule has 0 spiro atoms. The van der Waals surface area contributed by atoms with Crippen LogP contribution >= 0.6 is 0 Å². The van der Waals surface area contributed by atoms with E-state index in [0.717, 1.165) is 11.6 Å². The molecule has 0 aliphatic rings. The van der Waals surface area contributed by atoms with Crippen LogP contribution < -0.4 is 5.32 Å². The Bertz CT molecular complexity index is 469. The van der Waals surface area contributed by atoms with Crippen molar-refractivity contribution in [3.05, 3.63) is 36.3 Å². The molecule has 2 heterocycles. The third kappa shape index (κ3) is 4.47. The van der Waals surface area contributed by atoms with Gasteiger partial charge in [-0.15, -0.1) is 10.2 Å². The molecule has 0 radical (unpaired) electrons. The molecular weight excluding hydrogens is 248 g/mol. The van der Waals surface area contributed by atoms with Crippen LogP contribution in [-0.2, 0) is 24.9 Å². The lowest BCUT2D eigenvalue weighted by Gasteiger charge is -2.11. The van der Waals surface area contributed by atoms with Crippen molar-refractivity contribution in [3.8, 4) is 0 Å². The Kier molecular flexibility index (Phi) is 5.08. The molecule has 0 amide bonds. The monoisotopic (exact) mass is 266 g/mol. The van der Waals surface area contributed by atoms with E-state index in [1.807, 2.05) is 17.7 Å². The van der Waals surface area contributed by atoms with E-state index >= 15 is 0 Å². The van der Waals surface area contributed by atoms with E-state index in [4.69, 9.17) is 9.15 Å². The number of ether oxygens (including phenoxy) is 1. The van der Waals surface area contributed by atoms with Crippen molar-refractivity contribution in [1.29, 1.82) is 0 Å². The number of nitrogens with zero attached hydrogens (tertiary/aromatic N) is 3. The highest BCUT2D eigenvalue weighted by Gasteiger charge is 2.06. The van der Waals surface area contributed by atoms with Gasteiger partial charge in [0.05, 0.1) is 25.5 Å². The molecule has 2 aromatic heterocycles. The van der Waals surface area contributed by atoms with Gasteiger partial charge in [-0.05, 0) is 12.1 Å². The molecule has 2 aromatic rings. The fourth-order valence-corrected chi connectivity index (χ4v) is 1.57. The Hall–Kier alpha value is -1.70. The quantitative estimate of drug-likeness (QED) is 0.703. The van der Waals surface area contributed by atoms with Crippen LogP contribution in [0.25, 0.3) is 0 Å². The maximum atomic E-state index is 9.71. The fraction of sp³-hybridized carbons (Fsp3) is 0.500. The number of hydrogen-bond donors (Lipinski definition) is 2.